The van der Waals surface area contributed by atoms with E-state index in [9.17, 15) is 4.79 Å². The van der Waals surface area contributed by atoms with Crippen LogP contribution in [0.1, 0.15) is 21.5 Å². The van der Waals surface area contributed by atoms with Crippen LogP contribution in [-0.4, -0.2) is 11.1 Å². The third-order valence-electron chi connectivity index (χ3n) is 3.02. The molecule has 2 rings (SSSR count). The minimum Gasteiger partial charge on any atom is -0.489 e. The number of carboxylic acids is 1. The zero-order valence-electron chi connectivity index (χ0n) is 11.4. The Balaban J connectivity index is 2.13. The second-order valence-electron chi connectivity index (χ2n) is 4.50. The van der Waals surface area contributed by atoms with Crippen LogP contribution in [0.5, 0.6) is 5.75 Å². The van der Waals surface area contributed by atoms with Crippen molar-refractivity contribution in [3.63, 3.8) is 0 Å². The molecular weight excluding hydrogens is 332 g/mol. The number of carbonyl (C=O) groups is 1. The minimum absolute atomic E-state index is 0.248. The lowest BCUT2D eigenvalue weighted by atomic mass is 10.1. The molecule has 21 heavy (non-hydrogen) atoms. The van der Waals surface area contributed by atoms with Gasteiger partial charge in [-0.2, -0.15) is 0 Å². The topological polar surface area (TPSA) is 46.5 Å². The molecule has 108 valence electrons. The van der Waals surface area contributed by atoms with Crippen molar-refractivity contribution in [1.82, 2.24) is 0 Å². The van der Waals surface area contributed by atoms with Gasteiger partial charge in [-0.05, 0) is 30.2 Å². The summed E-state index contributed by atoms with van der Waals surface area (Å²) in [6.45, 7) is 4.11. The summed E-state index contributed by atoms with van der Waals surface area (Å²) < 4.78 is 6.56. The quantitative estimate of drug-likeness (QED) is 0.785. The van der Waals surface area contributed by atoms with Gasteiger partial charge in [0.05, 0.1) is 5.56 Å². The maximum atomic E-state index is 10.9. The minimum atomic E-state index is -0.945. The molecule has 4 heteroatoms. The van der Waals surface area contributed by atoms with Gasteiger partial charge in [-0.1, -0.05) is 46.3 Å². The zero-order valence-corrected chi connectivity index (χ0v) is 13.0. The van der Waals surface area contributed by atoms with E-state index in [4.69, 9.17) is 9.84 Å². The maximum absolute atomic E-state index is 10.9. The van der Waals surface area contributed by atoms with Gasteiger partial charge in [-0.25, -0.2) is 4.79 Å². The summed E-state index contributed by atoms with van der Waals surface area (Å²) in [5.74, 6) is -0.133. The van der Waals surface area contributed by atoms with E-state index in [1.807, 2.05) is 30.3 Å². The van der Waals surface area contributed by atoms with Crippen LogP contribution in [0.4, 0.5) is 0 Å². The van der Waals surface area contributed by atoms with Crippen LogP contribution in [0.3, 0.4) is 0 Å². The van der Waals surface area contributed by atoms with Crippen LogP contribution < -0.4 is 4.74 Å². The van der Waals surface area contributed by atoms with Gasteiger partial charge in [0.25, 0.3) is 0 Å². The number of ether oxygens (including phenoxy) is 1. The van der Waals surface area contributed by atoms with Crippen LogP contribution in [0.2, 0.25) is 0 Å². The summed E-state index contributed by atoms with van der Waals surface area (Å²) in [5.41, 5.74) is 2.22. The van der Waals surface area contributed by atoms with Gasteiger partial charge in [0.1, 0.15) is 12.4 Å². The number of allylic oxidation sites excluding steroid dienone is 1. The van der Waals surface area contributed by atoms with Crippen molar-refractivity contribution >= 4 is 21.9 Å². The normalized spacial score (nSPS) is 10.1. The van der Waals surface area contributed by atoms with Gasteiger partial charge < -0.3 is 9.84 Å². The largest absolute Gasteiger partial charge is 0.489 e. The molecule has 0 amide bonds. The Hall–Kier alpha value is -2.07. The van der Waals surface area contributed by atoms with E-state index in [0.717, 1.165) is 27.8 Å². The average Bonchev–Trinajstić information content (AvgIpc) is 2.47. The maximum Gasteiger partial charge on any atom is 0.335 e. The van der Waals surface area contributed by atoms with Crippen molar-refractivity contribution in [1.29, 1.82) is 0 Å². The Morgan fingerprint density at radius 2 is 2.00 bits per heavy atom. The fourth-order valence-electron chi connectivity index (χ4n) is 1.92. The first-order valence-corrected chi connectivity index (χ1v) is 7.24. The lowest BCUT2D eigenvalue weighted by Crippen LogP contribution is -2.01. The number of halogens is 1. The molecule has 2 aromatic carbocycles. The van der Waals surface area contributed by atoms with Crippen molar-refractivity contribution in [3.8, 4) is 5.75 Å². The third-order valence-corrected chi connectivity index (χ3v) is 3.76. The van der Waals surface area contributed by atoms with E-state index < -0.39 is 5.97 Å². The second-order valence-corrected chi connectivity index (χ2v) is 5.35. The Morgan fingerprint density at radius 3 is 2.67 bits per heavy atom. The molecule has 0 saturated carbocycles. The predicted molar refractivity (Wildman–Crippen MR) is 85.8 cm³/mol. The molecule has 0 fully saturated rings. The monoisotopic (exact) mass is 346 g/mol. The molecule has 0 heterocycles. The number of aromatic carboxylic acids is 1. The van der Waals surface area contributed by atoms with Crippen LogP contribution in [0.25, 0.3) is 0 Å². The summed E-state index contributed by atoms with van der Waals surface area (Å²) in [4.78, 5) is 10.9. The van der Waals surface area contributed by atoms with Crippen LogP contribution in [0.15, 0.2) is 59.6 Å². The van der Waals surface area contributed by atoms with Crippen molar-refractivity contribution in [2.45, 2.75) is 13.0 Å². The highest BCUT2D eigenvalue weighted by Crippen LogP contribution is 2.23. The van der Waals surface area contributed by atoms with E-state index in [-0.39, 0.29) is 5.56 Å². The van der Waals surface area contributed by atoms with Crippen molar-refractivity contribution in [2.24, 2.45) is 0 Å². The Kier molecular flexibility index (Phi) is 5.17. The van der Waals surface area contributed by atoms with Gasteiger partial charge in [0.2, 0.25) is 0 Å². The summed E-state index contributed by atoms with van der Waals surface area (Å²) in [7, 11) is 0. The highest BCUT2D eigenvalue weighted by atomic mass is 79.9. The molecule has 1 N–H and O–H groups in total. The predicted octanol–water partition coefficient (Wildman–Crippen LogP) is 4.45. The first-order chi connectivity index (χ1) is 10.1. The lowest BCUT2D eigenvalue weighted by molar-refractivity contribution is 0.0696. The van der Waals surface area contributed by atoms with Gasteiger partial charge in [0, 0.05) is 10.0 Å². The van der Waals surface area contributed by atoms with Crippen molar-refractivity contribution in [2.75, 3.05) is 0 Å². The molecule has 3 nitrogen and oxygen atoms in total. The summed E-state index contributed by atoms with van der Waals surface area (Å²) in [6, 6.07) is 12.7. The molecule has 0 bridgehead atoms. The number of carboxylic acid groups (broad SMARTS) is 1. The fourth-order valence-corrected chi connectivity index (χ4v) is 2.41. The van der Waals surface area contributed by atoms with Crippen LogP contribution in [0, 0.1) is 0 Å². The van der Waals surface area contributed by atoms with Gasteiger partial charge >= 0.3 is 5.97 Å². The number of para-hydroxylation sites is 1. The van der Waals surface area contributed by atoms with Gasteiger partial charge in [-0.15, -0.1) is 6.58 Å². The number of benzene rings is 2. The summed E-state index contributed by atoms with van der Waals surface area (Å²) >= 11 is 3.38. The standard InChI is InChI=1S/C17H15BrO3/c1-2-5-12-6-3-4-7-16(12)21-11-14-9-8-13(17(19)20)10-15(14)18/h2-4,6-10H,1,5,11H2,(H,19,20). The molecule has 0 aliphatic heterocycles. The van der Waals surface area contributed by atoms with Crippen LogP contribution >= 0.6 is 15.9 Å². The van der Waals surface area contributed by atoms with Crippen molar-refractivity contribution < 1.29 is 14.6 Å². The Morgan fingerprint density at radius 1 is 1.24 bits per heavy atom. The van der Waals surface area contributed by atoms with Crippen molar-refractivity contribution in [3.05, 3.63) is 76.3 Å². The van der Waals surface area contributed by atoms with E-state index in [2.05, 4.69) is 22.5 Å². The first-order valence-electron chi connectivity index (χ1n) is 6.45. The molecule has 0 unspecified atom stereocenters. The number of hydrogen-bond donors (Lipinski definition) is 1. The Bertz CT molecular complexity index is 665. The number of hydrogen-bond acceptors (Lipinski definition) is 2. The highest BCUT2D eigenvalue weighted by Gasteiger charge is 2.08. The van der Waals surface area contributed by atoms with Gasteiger partial charge in [-0.3, -0.25) is 0 Å². The molecule has 0 atom stereocenters. The highest BCUT2D eigenvalue weighted by molar-refractivity contribution is 9.10. The molecule has 0 aromatic heterocycles. The molecule has 0 aliphatic rings. The molecular formula is C17H15BrO3. The van der Waals surface area contributed by atoms with E-state index in [1.54, 1.807) is 18.2 Å². The second kappa shape index (κ2) is 7.09. The van der Waals surface area contributed by atoms with E-state index in [1.165, 1.54) is 0 Å². The SMILES string of the molecule is C=CCc1ccccc1OCc1ccc(C(=O)O)cc1Br. The van der Waals surface area contributed by atoms with Crippen LogP contribution in [-0.2, 0) is 13.0 Å². The molecule has 0 spiro atoms. The molecule has 0 radical (unpaired) electrons. The molecule has 2 aromatic rings. The molecule has 0 aliphatic carbocycles. The molecule has 0 saturated heterocycles. The summed E-state index contributed by atoms with van der Waals surface area (Å²) in [6.07, 6.45) is 2.58. The Labute approximate surface area is 132 Å². The number of rotatable bonds is 6. The smallest absolute Gasteiger partial charge is 0.335 e. The lowest BCUT2D eigenvalue weighted by Gasteiger charge is -2.11. The zero-order chi connectivity index (χ0) is 15.2. The fraction of sp³-hybridized carbons (Fsp3) is 0.118. The van der Waals surface area contributed by atoms with E-state index in [0.29, 0.717) is 6.61 Å². The third kappa shape index (κ3) is 3.95. The van der Waals surface area contributed by atoms with Gasteiger partial charge in [0.15, 0.2) is 0 Å². The first kappa shape index (κ1) is 15.3. The van der Waals surface area contributed by atoms with E-state index >= 15 is 0 Å². The summed E-state index contributed by atoms with van der Waals surface area (Å²) in [5, 5.41) is 8.94. The average molecular weight is 347 g/mol.